The minimum absolute atomic E-state index is 0.0956. The first-order valence-electron chi connectivity index (χ1n) is 7.44. The van der Waals surface area contributed by atoms with Crippen molar-refractivity contribution in [3.8, 4) is 0 Å². The summed E-state index contributed by atoms with van der Waals surface area (Å²) >= 11 is 1.39. The molecule has 7 nitrogen and oxygen atoms in total. The number of aryl methyl sites for hydroxylation is 1. The third-order valence-corrected chi connectivity index (χ3v) is 4.57. The van der Waals surface area contributed by atoms with Gasteiger partial charge in [0.25, 0.3) is 5.91 Å². The summed E-state index contributed by atoms with van der Waals surface area (Å²) in [6.45, 7) is 4.60. The van der Waals surface area contributed by atoms with Gasteiger partial charge < -0.3 is 20.3 Å². The van der Waals surface area contributed by atoms with Crippen LogP contribution in [0.1, 0.15) is 15.2 Å². The number of methoxy groups -OCH3 is 1. The molecule has 0 aliphatic rings. The summed E-state index contributed by atoms with van der Waals surface area (Å²) in [6, 6.07) is 0. The number of hydrogen-bond donors (Lipinski definition) is 2. The molecular formula is C15H23N5O2S. The van der Waals surface area contributed by atoms with E-state index in [-0.39, 0.29) is 5.91 Å². The number of amides is 1. The monoisotopic (exact) mass is 337 g/mol. The van der Waals surface area contributed by atoms with E-state index in [0.717, 1.165) is 34.7 Å². The van der Waals surface area contributed by atoms with Crippen molar-refractivity contribution in [2.75, 3.05) is 52.8 Å². The molecule has 2 aromatic heterocycles. The Hall–Kier alpha value is -1.77. The maximum atomic E-state index is 12.3. The van der Waals surface area contributed by atoms with Crippen molar-refractivity contribution in [2.24, 2.45) is 0 Å². The van der Waals surface area contributed by atoms with E-state index in [2.05, 4.69) is 25.5 Å². The van der Waals surface area contributed by atoms with Gasteiger partial charge in [-0.2, -0.15) is 0 Å². The van der Waals surface area contributed by atoms with E-state index in [1.54, 1.807) is 7.11 Å². The Kier molecular flexibility index (Phi) is 6.26. The number of hydrogen-bond acceptors (Lipinski definition) is 7. The van der Waals surface area contributed by atoms with Gasteiger partial charge in [-0.1, -0.05) is 0 Å². The Labute approximate surface area is 140 Å². The van der Waals surface area contributed by atoms with Gasteiger partial charge in [0.1, 0.15) is 17.0 Å². The van der Waals surface area contributed by atoms with Gasteiger partial charge in [-0.15, -0.1) is 11.3 Å². The van der Waals surface area contributed by atoms with Gasteiger partial charge in [-0.3, -0.25) is 4.79 Å². The van der Waals surface area contributed by atoms with Crippen LogP contribution >= 0.6 is 11.3 Å². The van der Waals surface area contributed by atoms with Crippen LogP contribution in [0.2, 0.25) is 0 Å². The number of ether oxygens (including phenoxy) is 1. The lowest BCUT2D eigenvalue weighted by Crippen LogP contribution is -2.26. The van der Waals surface area contributed by atoms with Gasteiger partial charge in [-0.05, 0) is 26.6 Å². The molecule has 0 aliphatic carbocycles. The Morgan fingerprint density at radius 3 is 2.83 bits per heavy atom. The minimum Gasteiger partial charge on any atom is -0.383 e. The fourth-order valence-electron chi connectivity index (χ4n) is 2.17. The van der Waals surface area contributed by atoms with Crippen LogP contribution < -0.4 is 10.6 Å². The second-order valence-corrected chi connectivity index (χ2v) is 6.44. The van der Waals surface area contributed by atoms with Crippen molar-refractivity contribution in [1.29, 1.82) is 0 Å². The molecule has 0 aromatic carbocycles. The fourth-order valence-corrected chi connectivity index (χ4v) is 3.23. The lowest BCUT2D eigenvalue weighted by molar-refractivity contribution is 0.0940. The number of aromatic nitrogens is 2. The van der Waals surface area contributed by atoms with Crippen molar-refractivity contribution in [3.63, 3.8) is 0 Å². The molecule has 126 valence electrons. The topological polar surface area (TPSA) is 79.4 Å². The molecule has 1 amide bonds. The molecule has 2 heterocycles. The van der Waals surface area contributed by atoms with E-state index in [1.807, 2.05) is 21.0 Å². The minimum atomic E-state index is -0.0956. The van der Waals surface area contributed by atoms with Crippen LogP contribution in [0.3, 0.4) is 0 Å². The molecule has 0 unspecified atom stereocenters. The van der Waals surface area contributed by atoms with E-state index in [9.17, 15) is 4.79 Å². The highest BCUT2D eigenvalue weighted by molar-refractivity contribution is 7.20. The number of rotatable bonds is 8. The van der Waals surface area contributed by atoms with Crippen LogP contribution in [0.5, 0.6) is 0 Å². The molecule has 0 aliphatic heterocycles. The van der Waals surface area contributed by atoms with Gasteiger partial charge in [0.15, 0.2) is 0 Å². The summed E-state index contributed by atoms with van der Waals surface area (Å²) in [4.78, 5) is 24.5. The molecule has 0 fully saturated rings. The largest absolute Gasteiger partial charge is 0.383 e. The smallest absolute Gasteiger partial charge is 0.261 e. The summed E-state index contributed by atoms with van der Waals surface area (Å²) in [5, 5.41) is 7.10. The number of thiophene rings is 1. The predicted octanol–water partition coefficient (Wildman–Crippen LogP) is 1.35. The highest BCUT2D eigenvalue weighted by atomic mass is 32.1. The average Bonchev–Trinajstić information content (AvgIpc) is 2.85. The van der Waals surface area contributed by atoms with Gasteiger partial charge in [0.05, 0.1) is 16.9 Å². The molecule has 0 bridgehead atoms. The van der Waals surface area contributed by atoms with Crippen LogP contribution in [0, 0.1) is 6.92 Å². The summed E-state index contributed by atoms with van der Waals surface area (Å²) < 4.78 is 4.95. The second-order valence-electron chi connectivity index (χ2n) is 5.44. The van der Waals surface area contributed by atoms with Gasteiger partial charge in [0, 0.05) is 26.7 Å². The molecule has 2 rings (SSSR count). The van der Waals surface area contributed by atoms with Gasteiger partial charge >= 0.3 is 0 Å². The number of nitrogens with one attached hydrogen (secondary N) is 2. The molecule has 0 radical (unpaired) electrons. The molecule has 2 aromatic rings. The number of anilines is 1. The first-order chi connectivity index (χ1) is 11.0. The summed E-state index contributed by atoms with van der Waals surface area (Å²) in [6.07, 6.45) is 1.53. The molecule has 0 saturated carbocycles. The standard InChI is InChI=1S/C15H23N5O2S/c1-10-11-13(16-5-7-20(2)3)18-9-19-15(11)23-12(10)14(21)17-6-8-22-4/h9H,5-8H2,1-4H3,(H,17,21)(H,16,18,19). The SMILES string of the molecule is COCCNC(=O)c1sc2ncnc(NCCN(C)C)c2c1C. The second kappa shape index (κ2) is 8.19. The number of fused-ring (bicyclic) bond motifs is 1. The van der Waals surface area contributed by atoms with Crippen LogP contribution in [0.25, 0.3) is 10.2 Å². The van der Waals surface area contributed by atoms with Gasteiger partial charge in [0.2, 0.25) is 0 Å². The number of carbonyl (C=O) groups excluding carboxylic acids is 1. The van der Waals surface area contributed by atoms with Crippen molar-refractivity contribution in [2.45, 2.75) is 6.92 Å². The Bertz CT molecular complexity index is 671. The Morgan fingerprint density at radius 2 is 2.13 bits per heavy atom. The zero-order chi connectivity index (χ0) is 16.8. The number of likely N-dealkylation sites (N-methyl/N-ethyl adjacent to an activating group) is 1. The van der Waals surface area contributed by atoms with E-state index in [1.165, 1.54) is 17.7 Å². The maximum absolute atomic E-state index is 12.3. The third-order valence-electron chi connectivity index (χ3n) is 3.38. The van der Waals surface area contributed by atoms with E-state index in [0.29, 0.717) is 18.0 Å². The Balaban J connectivity index is 2.22. The van der Waals surface area contributed by atoms with Gasteiger partial charge in [-0.25, -0.2) is 9.97 Å². The summed E-state index contributed by atoms with van der Waals surface area (Å²) in [7, 11) is 5.66. The maximum Gasteiger partial charge on any atom is 0.261 e. The van der Waals surface area contributed by atoms with Crippen molar-refractivity contribution in [3.05, 3.63) is 16.8 Å². The highest BCUT2D eigenvalue weighted by Crippen LogP contribution is 2.33. The lowest BCUT2D eigenvalue weighted by Gasteiger charge is -2.11. The van der Waals surface area contributed by atoms with Crippen molar-refractivity contribution >= 4 is 33.3 Å². The number of carbonyl (C=O) groups is 1. The van der Waals surface area contributed by atoms with E-state index in [4.69, 9.17) is 4.74 Å². The Morgan fingerprint density at radius 1 is 1.35 bits per heavy atom. The quantitative estimate of drug-likeness (QED) is 0.708. The molecule has 2 N–H and O–H groups in total. The normalized spacial score (nSPS) is 11.2. The third kappa shape index (κ3) is 4.37. The van der Waals surface area contributed by atoms with E-state index < -0.39 is 0 Å². The van der Waals surface area contributed by atoms with Crippen molar-refractivity contribution < 1.29 is 9.53 Å². The van der Waals surface area contributed by atoms with Crippen LogP contribution in [0.15, 0.2) is 6.33 Å². The molecular weight excluding hydrogens is 314 g/mol. The predicted molar refractivity (Wildman–Crippen MR) is 93.4 cm³/mol. The van der Waals surface area contributed by atoms with Crippen LogP contribution in [-0.4, -0.2) is 68.2 Å². The molecule has 23 heavy (non-hydrogen) atoms. The van der Waals surface area contributed by atoms with Crippen LogP contribution in [-0.2, 0) is 4.74 Å². The first kappa shape index (κ1) is 17.6. The average molecular weight is 337 g/mol. The van der Waals surface area contributed by atoms with Crippen molar-refractivity contribution in [1.82, 2.24) is 20.2 Å². The molecule has 8 heteroatoms. The zero-order valence-corrected chi connectivity index (χ0v) is 14.8. The first-order valence-corrected chi connectivity index (χ1v) is 8.26. The zero-order valence-electron chi connectivity index (χ0n) is 14.0. The molecule has 0 spiro atoms. The van der Waals surface area contributed by atoms with Crippen LogP contribution in [0.4, 0.5) is 5.82 Å². The molecule has 0 atom stereocenters. The fraction of sp³-hybridized carbons (Fsp3) is 0.533. The molecule has 0 saturated heterocycles. The number of nitrogens with zero attached hydrogens (tertiary/aromatic N) is 3. The van der Waals surface area contributed by atoms with E-state index >= 15 is 0 Å². The summed E-state index contributed by atoms with van der Waals surface area (Å²) in [5.74, 6) is 0.684. The summed E-state index contributed by atoms with van der Waals surface area (Å²) in [5.41, 5.74) is 0.910. The highest BCUT2D eigenvalue weighted by Gasteiger charge is 2.18. The lowest BCUT2D eigenvalue weighted by atomic mass is 10.2.